The van der Waals surface area contributed by atoms with Gasteiger partial charge in [-0.2, -0.15) is 4.52 Å². The Morgan fingerprint density at radius 3 is 2.35 bits per heavy atom. The van der Waals surface area contributed by atoms with Crippen LogP contribution in [0, 0.1) is 6.92 Å². The Bertz CT molecular complexity index is 1150. The zero-order valence-electron chi connectivity index (χ0n) is 17.8. The van der Waals surface area contributed by atoms with Gasteiger partial charge in [0, 0.05) is 45.0 Å². The minimum Gasteiger partial charge on any atom is -0.369 e. The molecule has 0 radical (unpaired) electrons. The normalized spacial score (nSPS) is 14.8. The topological polar surface area (TPSA) is 61.6 Å². The first kappa shape index (κ1) is 19.5. The zero-order valence-corrected chi connectivity index (χ0v) is 17.8. The van der Waals surface area contributed by atoms with E-state index in [-0.39, 0.29) is 0 Å². The van der Waals surface area contributed by atoms with Crippen LogP contribution in [0.5, 0.6) is 0 Å². The lowest BCUT2D eigenvalue weighted by molar-refractivity contribution is 0.249. The maximum Gasteiger partial charge on any atom is 0.178 e. The standard InChI is InChI=1S/C24H27N7/c1-19-26-27-24-12-11-23(28-31(19)24)25-17-20-7-5-6-8-21(20)18-29-13-15-30(16-14-29)22-9-3-2-4-10-22/h2-12H,13-18H2,1H3,(H,25,28). The summed E-state index contributed by atoms with van der Waals surface area (Å²) in [6.07, 6.45) is 0. The Morgan fingerprint density at radius 1 is 0.806 bits per heavy atom. The number of para-hydroxylation sites is 1. The Morgan fingerprint density at radius 2 is 1.55 bits per heavy atom. The molecule has 4 aromatic rings. The molecular weight excluding hydrogens is 386 g/mol. The molecule has 7 heteroatoms. The van der Waals surface area contributed by atoms with Crippen molar-refractivity contribution >= 4 is 17.2 Å². The molecule has 2 aromatic carbocycles. The lowest BCUT2D eigenvalue weighted by Gasteiger charge is -2.36. The monoisotopic (exact) mass is 413 g/mol. The Balaban J connectivity index is 1.22. The molecule has 1 N–H and O–H groups in total. The van der Waals surface area contributed by atoms with E-state index in [1.165, 1.54) is 16.8 Å². The molecule has 0 bridgehead atoms. The molecule has 31 heavy (non-hydrogen) atoms. The SMILES string of the molecule is Cc1nnc2ccc(NCc3ccccc3CN3CCN(c4ccccc4)CC3)nn12. The van der Waals surface area contributed by atoms with Crippen molar-refractivity contribution in [3.8, 4) is 0 Å². The van der Waals surface area contributed by atoms with Crippen LogP contribution in [0.15, 0.2) is 66.7 Å². The van der Waals surface area contributed by atoms with Crippen molar-refractivity contribution in [2.24, 2.45) is 0 Å². The Hall–Kier alpha value is -3.45. The molecule has 7 nitrogen and oxygen atoms in total. The summed E-state index contributed by atoms with van der Waals surface area (Å²) in [6, 6.07) is 23.3. The minimum absolute atomic E-state index is 0.736. The number of anilines is 2. The smallest absolute Gasteiger partial charge is 0.178 e. The van der Waals surface area contributed by atoms with E-state index in [2.05, 4.69) is 85.0 Å². The van der Waals surface area contributed by atoms with Crippen molar-refractivity contribution < 1.29 is 0 Å². The van der Waals surface area contributed by atoms with Crippen LogP contribution in [-0.2, 0) is 13.1 Å². The average molecular weight is 414 g/mol. The van der Waals surface area contributed by atoms with Gasteiger partial charge in [0.15, 0.2) is 11.5 Å². The second kappa shape index (κ2) is 8.73. The van der Waals surface area contributed by atoms with Crippen molar-refractivity contribution in [1.82, 2.24) is 24.7 Å². The molecule has 0 amide bonds. The number of piperazine rings is 1. The predicted octanol–water partition coefficient (Wildman–Crippen LogP) is 3.37. The maximum absolute atomic E-state index is 4.60. The summed E-state index contributed by atoms with van der Waals surface area (Å²) in [4.78, 5) is 5.02. The highest BCUT2D eigenvalue weighted by Gasteiger charge is 2.18. The van der Waals surface area contributed by atoms with Crippen LogP contribution in [0.2, 0.25) is 0 Å². The van der Waals surface area contributed by atoms with E-state index in [0.29, 0.717) is 0 Å². The molecule has 0 saturated carbocycles. The van der Waals surface area contributed by atoms with Crippen molar-refractivity contribution in [1.29, 1.82) is 0 Å². The number of fused-ring (bicyclic) bond motifs is 1. The molecule has 3 heterocycles. The number of nitrogens with one attached hydrogen (secondary N) is 1. The fourth-order valence-electron chi connectivity index (χ4n) is 4.10. The largest absolute Gasteiger partial charge is 0.369 e. The average Bonchev–Trinajstić information content (AvgIpc) is 3.20. The van der Waals surface area contributed by atoms with Gasteiger partial charge in [-0.1, -0.05) is 42.5 Å². The molecule has 1 aliphatic heterocycles. The van der Waals surface area contributed by atoms with Crippen LogP contribution in [0.25, 0.3) is 5.65 Å². The fraction of sp³-hybridized carbons (Fsp3) is 0.292. The third-order valence-corrected chi connectivity index (χ3v) is 5.88. The minimum atomic E-state index is 0.736. The van der Waals surface area contributed by atoms with Crippen molar-refractivity contribution in [3.05, 3.63) is 83.7 Å². The number of hydrogen-bond donors (Lipinski definition) is 1. The van der Waals surface area contributed by atoms with E-state index < -0.39 is 0 Å². The van der Waals surface area contributed by atoms with Gasteiger partial charge in [-0.25, -0.2) is 0 Å². The van der Waals surface area contributed by atoms with E-state index in [1.807, 2.05) is 19.1 Å². The van der Waals surface area contributed by atoms with Gasteiger partial charge < -0.3 is 10.2 Å². The summed E-state index contributed by atoms with van der Waals surface area (Å²) in [7, 11) is 0. The predicted molar refractivity (Wildman–Crippen MR) is 123 cm³/mol. The second-order valence-corrected chi connectivity index (χ2v) is 7.96. The molecule has 1 saturated heterocycles. The Labute approximate surface area is 182 Å². The summed E-state index contributed by atoms with van der Waals surface area (Å²) in [6.45, 7) is 7.88. The molecule has 158 valence electrons. The fourth-order valence-corrected chi connectivity index (χ4v) is 4.10. The van der Waals surface area contributed by atoms with Gasteiger partial charge in [-0.3, -0.25) is 4.90 Å². The number of aryl methyl sites for hydroxylation is 1. The molecule has 1 aliphatic rings. The summed E-state index contributed by atoms with van der Waals surface area (Å²) in [5.41, 5.74) is 4.75. The Kier molecular flexibility index (Phi) is 5.50. The van der Waals surface area contributed by atoms with Gasteiger partial charge in [0.1, 0.15) is 5.82 Å². The lowest BCUT2D eigenvalue weighted by atomic mass is 10.1. The van der Waals surface area contributed by atoms with Crippen LogP contribution in [-0.4, -0.2) is 50.9 Å². The van der Waals surface area contributed by atoms with Crippen molar-refractivity contribution in [3.63, 3.8) is 0 Å². The highest BCUT2D eigenvalue weighted by atomic mass is 15.4. The quantitative estimate of drug-likeness (QED) is 0.523. The van der Waals surface area contributed by atoms with E-state index in [9.17, 15) is 0 Å². The molecule has 0 aliphatic carbocycles. The van der Waals surface area contributed by atoms with E-state index in [4.69, 9.17) is 0 Å². The van der Waals surface area contributed by atoms with Crippen molar-refractivity contribution in [2.45, 2.75) is 20.0 Å². The van der Waals surface area contributed by atoms with Crippen LogP contribution in [0.1, 0.15) is 17.0 Å². The van der Waals surface area contributed by atoms with Gasteiger partial charge in [0.05, 0.1) is 0 Å². The third kappa shape index (κ3) is 4.36. The number of benzene rings is 2. The van der Waals surface area contributed by atoms with Gasteiger partial charge in [-0.05, 0) is 42.3 Å². The molecule has 2 aromatic heterocycles. The van der Waals surface area contributed by atoms with E-state index in [1.54, 1.807) is 4.52 Å². The molecule has 0 atom stereocenters. The molecule has 0 spiro atoms. The first-order valence-electron chi connectivity index (χ1n) is 10.8. The van der Waals surface area contributed by atoms with Crippen molar-refractivity contribution in [2.75, 3.05) is 36.4 Å². The lowest BCUT2D eigenvalue weighted by Crippen LogP contribution is -2.46. The molecule has 0 unspecified atom stereocenters. The van der Waals surface area contributed by atoms with Gasteiger partial charge in [0.25, 0.3) is 0 Å². The summed E-state index contributed by atoms with van der Waals surface area (Å²) in [5, 5.41) is 16.2. The second-order valence-electron chi connectivity index (χ2n) is 7.96. The van der Waals surface area contributed by atoms with E-state index in [0.717, 1.165) is 56.6 Å². The number of aromatic nitrogens is 4. The summed E-state index contributed by atoms with van der Waals surface area (Å²) >= 11 is 0. The zero-order chi connectivity index (χ0) is 21.0. The molecular formula is C24H27N7. The highest BCUT2D eigenvalue weighted by molar-refractivity contribution is 5.47. The number of rotatable bonds is 6. The number of nitrogens with zero attached hydrogens (tertiary/aromatic N) is 6. The van der Waals surface area contributed by atoms with Crippen LogP contribution >= 0.6 is 0 Å². The first-order valence-corrected chi connectivity index (χ1v) is 10.8. The van der Waals surface area contributed by atoms with E-state index >= 15 is 0 Å². The first-order chi connectivity index (χ1) is 15.3. The molecule has 5 rings (SSSR count). The highest BCUT2D eigenvalue weighted by Crippen LogP contribution is 2.19. The van der Waals surface area contributed by atoms with Gasteiger partial charge in [-0.15, -0.1) is 15.3 Å². The third-order valence-electron chi connectivity index (χ3n) is 5.88. The van der Waals surface area contributed by atoms with Crippen LogP contribution in [0.3, 0.4) is 0 Å². The maximum atomic E-state index is 4.60. The van der Waals surface area contributed by atoms with Crippen LogP contribution in [0.4, 0.5) is 11.5 Å². The molecule has 1 fully saturated rings. The van der Waals surface area contributed by atoms with Gasteiger partial charge >= 0.3 is 0 Å². The summed E-state index contributed by atoms with van der Waals surface area (Å²) in [5.74, 6) is 1.61. The van der Waals surface area contributed by atoms with Crippen LogP contribution < -0.4 is 10.2 Å². The summed E-state index contributed by atoms with van der Waals surface area (Å²) < 4.78 is 1.76. The number of hydrogen-bond acceptors (Lipinski definition) is 6. The van der Waals surface area contributed by atoms with Gasteiger partial charge in [0.2, 0.25) is 0 Å².